The first-order valence-corrected chi connectivity index (χ1v) is 7.14. The van der Waals surface area contributed by atoms with Crippen LogP contribution in [0.25, 0.3) is 6.08 Å². The van der Waals surface area contributed by atoms with E-state index in [0.29, 0.717) is 11.4 Å². The van der Waals surface area contributed by atoms with Crippen molar-refractivity contribution in [1.29, 1.82) is 0 Å². The first-order valence-electron chi connectivity index (χ1n) is 7.14. The van der Waals surface area contributed by atoms with E-state index in [0.717, 1.165) is 16.9 Å². The van der Waals surface area contributed by atoms with Crippen LogP contribution in [0.5, 0.6) is 0 Å². The number of carbonyl (C=O) groups excluding carboxylic acids is 3. The third-order valence-corrected chi connectivity index (χ3v) is 3.53. The number of imide groups is 2. The fraction of sp³-hybridized carbons (Fsp3) is 0.118. The predicted molar refractivity (Wildman–Crippen MR) is 83.5 cm³/mol. The maximum atomic E-state index is 12.6. The summed E-state index contributed by atoms with van der Waals surface area (Å²) in [6, 6.07) is 9.52. The van der Waals surface area contributed by atoms with Crippen LogP contribution in [0.15, 0.2) is 52.7 Å². The zero-order valence-electron chi connectivity index (χ0n) is 12.4. The summed E-state index contributed by atoms with van der Waals surface area (Å²) in [4.78, 5) is 37.5. The van der Waals surface area contributed by atoms with Gasteiger partial charge in [-0.1, -0.05) is 19.1 Å². The third-order valence-electron chi connectivity index (χ3n) is 3.53. The van der Waals surface area contributed by atoms with Crippen molar-refractivity contribution in [2.24, 2.45) is 0 Å². The lowest BCUT2D eigenvalue weighted by Gasteiger charge is -2.26. The standard InChI is InChI=1S/C17H14N2O4/c1-2-11-5-7-12(8-6-11)19-16(21)14(15(20)18-17(19)22)10-13-4-3-9-23-13/h3-10H,2H2,1H3,(H,18,20,22). The second kappa shape index (κ2) is 5.92. The molecule has 0 atom stereocenters. The number of anilines is 1. The molecule has 0 radical (unpaired) electrons. The molecule has 3 rings (SSSR count). The van der Waals surface area contributed by atoms with E-state index in [1.165, 1.54) is 12.3 Å². The van der Waals surface area contributed by atoms with E-state index in [9.17, 15) is 14.4 Å². The number of amides is 4. The van der Waals surface area contributed by atoms with Crippen LogP contribution in [-0.4, -0.2) is 17.8 Å². The van der Waals surface area contributed by atoms with Crippen molar-refractivity contribution in [3.05, 3.63) is 59.6 Å². The molecule has 1 aliphatic heterocycles. The summed E-state index contributed by atoms with van der Waals surface area (Å²) in [5.41, 5.74) is 1.34. The SMILES string of the molecule is CCc1ccc(N2C(=O)NC(=O)C(=Cc3ccco3)C2=O)cc1. The molecule has 6 heteroatoms. The van der Waals surface area contributed by atoms with Gasteiger partial charge in [0.25, 0.3) is 11.8 Å². The molecule has 1 aromatic heterocycles. The Kier molecular flexibility index (Phi) is 3.80. The summed E-state index contributed by atoms with van der Waals surface area (Å²) >= 11 is 0. The van der Waals surface area contributed by atoms with E-state index >= 15 is 0 Å². The van der Waals surface area contributed by atoms with Crippen molar-refractivity contribution in [3.8, 4) is 0 Å². The van der Waals surface area contributed by atoms with Gasteiger partial charge in [0.2, 0.25) is 0 Å². The zero-order valence-corrected chi connectivity index (χ0v) is 12.4. The minimum atomic E-state index is -0.763. The first kappa shape index (κ1) is 14.8. The minimum absolute atomic E-state index is 0.154. The molecule has 2 heterocycles. The summed E-state index contributed by atoms with van der Waals surface area (Å²) < 4.78 is 5.12. The summed E-state index contributed by atoms with van der Waals surface area (Å²) in [5.74, 6) is -1.06. The number of hydrogen-bond donors (Lipinski definition) is 1. The second-order valence-electron chi connectivity index (χ2n) is 4.99. The van der Waals surface area contributed by atoms with Crippen LogP contribution >= 0.6 is 0 Å². The highest BCUT2D eigenvalue weighted by atomic mass is 16.3. The number of carbonyl (C=O) groups is 3. The highest BCUT2D eigenvalue weighted by Crippen LogP contribution is 2.22. The summed E-state index contributed by atoms with van der Waals surface area (Å²) in [5, 5.41) is 2.17. The summed E-state index contributed by atoms with van der Waals surface area (Å²) in [6.07, 6.45) is 3.60. The number of benzene rings is 1. The van der Waals surface area contributed by atoms with Gasteiger partial charge in [0.05, 0.1) is 12.0 Å². The molecule has 23 heavy (non-hydrogen) atoms. The van der Waals surface area contributed by atoms with E-state index < -0.39 is 17.8 Å². The Morgan fingerprint density at radius 2 is 1.87 bits per heavy atom. The molecule has 1 fully saturated rings. The van der Waals surface area contributed by atoms with Gasteiger partial charge in [0.1, 0.15) is 11.3 Å². The average Bonchev–Trinajstić information content (AvgIpc) is 3.05. The van der Waals surface area contributed by atoms with E-state index in [2.05, 4.69) is 5.32 Å². The number of furan rings is 1. The molecule has 0 bridgehead atoms. The van der Waals surface area contributed by atoms with Crippen molar-refractivity contribution in [3.63, 3.8) is 0 Å². The van der Waals surface area contributed by atoms with Crippen LogP contribution in [0.1, 0.15) is 18.2 Å². The summed E-state index contributed by atoms with van der Waals surface area (Å²) in [6.45, 7) is 2.01. The lowest BCUT2D eigenvalue weighted by atomic mass is 10.1. The normalized spacial score (nSPS) is 16.8. The van der Waals surface area contributed by atoms with Gasteiger partial charge in [0, 0.05) is 0 Å². The van der Waals surface area contributed by atoms with Crippen molar-refractivity contribution < 1.29 is 18.8 Å². The van der Waals surface area contributed by atoms with Gasteiger partial charge in [-0.05, 0) is 42.3 Å². The van der Waals surface area contributed by atoms with E-state index in [4.69, 9.17) is 4.42 Å². The Bertz CT molecular complexity index is 789. The molecule has 6 nitrogen and oxygen atoms in total. The third kappa shape index (κ3) is 2.78. The largest absolute Gasteiger partial charge is 0.465 e. The topological polar surface area (TPSA) is 79.6 Å². The van der Waals surface area contributed by atoms with Crippen LogP contribution in [0, 0.1) is 0 Å². The minimum Gasteiger partial charge on any atom is -0.465 e. The molecule has 2 aromatic rings. The Morgan fingerprint density at radius 3 is 2.48 bits per heavy atom. The maximum Gasteiger partial charge on any atom is 0.335 e. The fourth-order valence-corrected chi connectivity index (χ4v) is 2.29. The van der Waals surface area contributed by atoms with Crippen molar-refractivity contribution >= 4 is 29.6 Å². The number of aryl methyl sites for hydroxylation is 1. The molecule has 1 aliphatic rings. The quantitative estimate of drug-likeness (QED) is 0.698. The molecule has 1 N–H and O–H groups in total. The molecule has 4 amide bonds. The fourth-order valence-electron chi connectivity index (χ4n) is 2.29. The highest BCUT2D eigenvalue weighted by Gasteiger charge is 2.36. The van der Waals surface area contributed by atoms with Gasteiger partial charge in [-0.3, -0.25) is 14.9 Å². The van der Waals surface area contributed by atoms with Crippen molar-refractivity contribution in [2.45, 2.75) is 13.3 Å². The number of barbiturate groups is 1. The van der Waals surface area contributed by atoms with Gasteiger partial charge < -0.3 is 4.42 Å². The van der Waals surface area contributed by atoms with E-state index in [1.807, 2.05) is 19.1 Å². The zero-order chi connectivity index (χ0) is 16.4. The van der Waals surface area contributed by atoms with Gasteiger partial charge >= 0.3 is 6.03 Å². The van der Waals surface area contributed by atoms with Crippen LogP contribution in [0.3, 0.4) is 0 Å². The lowest BCUT2D eigenvalue weighted by Crippen LogP contribution is -2.54. The second-order valence-corrected chi connectivity index (χ2v) is 4.99. The van der Waals surface area contributed by atoms with Crippen molar-refractivity contribution in [1.82, 2.24) is 5.32 Å². The van der Waals surface area contributed by atoms with Gasteiger partial charge in [-0.25, -0.2) is 9.69 Å². The molecule has 0 saturated carbocycles. The number of rotatable bonds is 3. The van der Waals surface area contributed by atoms with Gasteiger partial charge in [-0.2, -0.15) is 0 Å². The van der Waals surface area contributed by atoms with Crippen LogP contribution in [0.4, 0.5) is 10.5 Å². The highest BCUT2D eigenvalue weighted by molar-refractivity contribution is 6.39. The predicted octanol–water partition coefficient (Wildman–Crippen LogP) is 2.51. The molecular formula is C17H14N2O4. The van der Waals surface area contributed by atoms with Crippen molar-refractivity contribution in [2.75, 3.05) is 4.90 Å². The lowest BCUT2D eigenvalue weighted by molar-refractivity contribution is -0.122. The number of urea groups is 1. The molecule has 116 valence electrons. The maximum absolute atomic E-state index is 12.6. The van der Waals surface area contributed by atoms with E-state index in [-0.39, 0.29) is 5.57 Å². The van der Waals surface area contributed by atoms with Crippen LogP contribution < -0.4 is 10.2 Å². The van der Waals surface area contributed by atoms with Gasteiger partial charge in [0.15, 0.2) is 0 Å². The molecule has 0 unspecified atom stereocenters. The monoisotopic (exact) mass is 310 g/mol. The molecular weight excluding hydrogens is 296 g/mol. The first-order chi connectivity index (χ1) is 11.1. The number of nitrogens with one attached hydrogen (secondary N) is 1. The molecule has 0 aliphatic carbocycles. The number of nitrogens with zero attached hydrogens (tertiary/aromatic N) is 1. The average molecular weight is 310 g/mol. The van der Waals surface area contributed by atoms with Crippen LogP contribution in [-0.2, 0) is 16.0 Å². The van der Waals surface area contributed by atoms with Gasteiger partial charge in [-0.15, -0.1) is 0 Å². The molecule has 0 spiro atoms. The Labute approximate surface area is 132 Å². The summed E-state index contributed by atoms with van der Waals surface area (Å²) in [7, 11) is 0. The smallest absolute Gasteiger partial charge is 0.335 e. The van der Waals surface area contributed by atoms with Crippen LogP contribution in [0.2, 0.25) is 0 Å². The Morgan fingerprint density at radius 1 is 1.13 bits per heavy atom. The Balaban J connectivity index is 1.98. The van der Waals surface area contributed by atoms with E-state index in [1.54, 1.807) is 24.3 Å². The number of hydrogen-bond acceptors (Lipinski definition) is 4. The molecule has 1 aromatic carbocycles. The Hall–Kier alpha value is -3.15. The molecule has 1 saturated heterocycles.